The van der Waals surface area contributed by atoms with Gasteiger partial charge in [0.15, 0.2) is 0 Å². The van der Waals surface area contributed by atoms with Gasteiger partial charge >= 0.3 is 0 Å². The number of imidazole rings is 1. The number of hydrogen-bond donors (Lipinski definition) is 0. The summed E-state index contributed by atoms with van der Waals surface area (Å²) in [7, 11) is 1.63. The minimum absolute atomic E-state index is 0.397. The zero-order chi connectivity index (χ0) is 15.0. The molecule has 0 amide bonds. The fourth-order valence-electron chi connectivity index (χ4n) is 2.36. The number of aryl methyl sites for hydroxylation is 2. The van der Waals surface area contributed by atoms with Crippen LogP contribution in [0.2, 0.25) is 0 Å². The first-order valence-electron chi connectivity index (χ1n) is 6.87. The van der Waals surface area contributed by atoms with Gasteiger partial charge in [0, 0.05) is 24.4 Å². The van der Waals surface area contributed by atoms with E-state index >= 15 is 0 Å². The summed E-state index contributed by atoms with van der Waals surface area (Å²) in [5, 5.41) is 7.82. The molecule has 0 spiro atoms. The third-order valence-corrected chi connectivity index (χ3v) is 3.38. The molecule has 3 rings (SSSR count). The highest BCUT2D eigenvalue weighted by Gasteiger charge is 2.17. The van der Waals surface area contributed by atoms with Crippen LogP contribution in [0.15, 0.2) is 10.6 Å². The summed E-state index contributed by atoms with van der Waals surface area (Å²) in [6, 6.07) is 0. The van der Waals surface area contributed by atoms with Crippen LogP contribution in [0.3, 0.4) is 0 Å². The second-order valence-electron chi connectivity index (χ2n) is 4.86. The van der Waals surface area contributed by atoms with Crippen LogP contribution in [0.25, 0.3) is 17.4 Å². The summed E-state index contributed by atoms with van der Waals surface area (Å²) in [4.78, 5) is 8.91. The van der Waals surface area contributed by atoms with Crippen molar-refractivity contribution in [2.75, 3.05) is 7.11 Å². The Bertz CT molecular complexity index is 790. The summed E-state index contributed by atoms with van der Waals surface area (Å²) >= 11 is 0. The summed E-state index contributed by atoms with van der Waals surface area (Å²) < 4.78 is 12.7. The number of hydrogen-bond acceptors (Lipinski definition) is 6. The van der Waals surface area contributed by atoms with E-state index < -0.39 is 0 Å². The summed E-state index contributed by atoms with van der Waals surface area (Å²) in [5.41, 5.74) is 2.77. The van der Waals surface area contributed by atoms with Gasteiger partial charge in [-0.25, -0.2) is 4.98 Å². The van der Waals surface area contributed by atoms with Crippen molar-refractivity contribution >= 4 is 5.78 Å². The fraction of sp³-hybridized carbons (Fsp3) is 0.429. The predicted molar refractivity (Wildman–Crippen MR) is 76.3 cm³/mol. The van der Waals surface area contributed by atoms with Crippen LogP contribution in [0, 0.1) is 13.8 Å². The molecule has 3 aromatic heterocycles. The topological polar surface area (TPSA) is 78.3 Å². The van der Waals surface area contributed by atoms with E-state index in [2.05, 4.69) is 27.1 Å². The first kappa shape index (κ1) is 13.5. The molecule has 0 atom stereocenters. The maximum atomic E-state index is 5.42. The largest absolute Gasteiger partial charge is 0.481 e. The first-order chi connectivity index (χ1) is 10.1. The Kier molecular flexibility index (Phi) is 3.32. The summed E-state index contributed by atoms with van der Waals surface area (Å²) in [5.74, 6) is 2.10. The van der Waals surface area contributed by atoms with Gasteiger partial charge in [-0.15, -0.1) is 10.2 Å². The minimum atomic E-state index is 0.397. The third kappa shape index (κ3) is 2.24. The van der Waals surface area contributed by atoms with Gasteiger partial charge in [-0.3, -0.25) is 4.40 Å². The van der Waals surface area contributed by atoms with Gasteiger partial charge in [0.2, 0.25) is 17.5 Å². The Balaban J connectivity index is 2.19. The van der Waals surface area contributed by atoms with Crippen LogP contribution in [0.4, 0.5) is 0 Å². The van der Waals surface area contributed by atoms with E-state index in [1.165, 1.54) is 0 Å². The van der Waals surface area contributed by atoms with Crippen molar-refractivity contribution in [2.24, 2.45) is 0 Å². The SMILES string of the molecule is CCCc1c(OC)nc2nc(-c3nnc(C)o3)cn2c1C. The van der Waals surface area contributed by atoms with E-state index in [0.717, 1.165) is 24.1 Å². The molecule has 0 bridgehead atoms. The first-order valence-corrected chi connectivity index (χ1v) is 6.87. The molecule has 0 radical (unpaired) electrons. The Morgan fingerprint density at radius 2 is 2.05 bits per heavy atom. The Hall–Kier alpha value is -2.44. The van der Waals surface area contributed by atoms with Crippen molar-refractivity contribution in [1.29, 1.82) is 0 Å². The lowest BCUT2D eigenvalue weighted by Crippen LogP contribution is -2.04. The standard InChI is InChI=1S/C14H17N5O2/c1-5-6-10-8(2)19-7-11(13-18-17-9(3)21-13)15-14(19)16-12(10)20-4/h7H,5-6H2,1-4H3. The molecule has 21 heavy (non-hydrogen) atoms. The lowest BCUT2D eigenvalue weighted by molar-refractivity contribution is 0.391. The number of ether oxygens (including phenoxy) is 1. The zero-order valence-corrected chi connectivity index (χ0v) is 12.5. The number of rotatable bonds is 4. The summed E-state index contributed by atoms with van der Waals surface area (Å²) in [6.07, 6.45) is 3.79. The minimum Gasteiger partial charge on any atom is -0.481 e. The molecule has 0 aromatic carbocycles. The number of fused-ring (bicyclic) bond motifs is 1. The number of aromatic nitrogens is 5. The zero-order valence-electron chi connectivity index (χ0n) is 12.5. The Labute approximate surface area is 122 Å². The third-order valence-electron chi connectivity index (χ3n) is 3.38. The highest BCUT2D eigenvalue weighted by Crippen LogP contribution is 2.25. The van der Waals surface area contributed by atoms with E-state index in [0.29, 0.717) is 29.1 Å². The Morgan fingerprint density at radius 3 is 2.67 bits per heavy atom. The second-order valence-corrected chi connectivity index (χ2v) is 4.86. The van der Waals surface area contributed by atoms with Crippen molar-refractivity contribution in [1.82, 2.24) is 24.6 Å². The molecule has 7 nitrogen and oxygen atoms in total. The highest BCUT2D eigenvalue weighted by atomic mass is 16.5. The van der Waals surface area contributed by atoms with E-state index in [1.807, 2.05) is 17.5 Å². The van der Waals surface area contributed by atoms with Crippen molar-refractivity contribution in [3.8, 4) is 17.5 Å². The molecule has 0 N–H and O–H groups in total. The van der Waals surface area contributed by atoms with Crippen LogP contribution >= 0.6 is 0 Å². The van der Waals surface area contributed by atoms with Gasteiger partial charge in [0.05, 0.1) is 7.11 Å². The molecule has 7 heteroatoms. The van der Waals surface area contributed by atoms with Crippen molar-refractivity contribution in [3.63, 3.8) is 0 Å². The fourth-order valence-corrected chi connectivity index (χ4v) is 2.36. The predicted octanol–water partition coefficient (Wildman–Crippen LogP) is 2.36. The van der Waals surface area contributed by atoms with Gasteiger partial charge in [-0.1, -0.05) is 13.3 Å². The van der Waals surface area contributed by atoms with Crippen LogP contribution in [0.5, 0.6) is 5.88 Å². The van der Waals surface area contributed by atoms with Crippen LogP contribution in [-0.4, -0.2) is 31.7 Å². The smallest absolute Gasteiger partial charge is 0.267 e. The molecule has 0 aliphatic carbocycles. The van der Waals surface area contributed by atoms with Crippen LogP contribution in [0.1, 0.15) is 30.5 Å². The molecule has 3 aromatic rings. The van der Waals surface area contributed by atoms with Crippen LogP contribution in [-0.2, 0) is 6.42 Å². The van der Waals surface area contributed by atoms with Gasteiger partial charge < -0.3 is 9.15 Å². The highest BCUT2D eigenvalue weighted by molar-refractivity contribution is 5.53. The number of methoxy groups -OCH3 is 1. The van der Waals surface area contributed by atoms with Crippen molar-refractivity contribution in [3.05, 3.63) is 23.3 Å². The maximum Gasteiger partial charge on any atom is 0.267 e. The van der Waals surface area contributed by atoms with Gasteiger partial charge in [-0.05, 0) is 13.3 Å². The normalized spacial score (nSPS) is 11.2. The quantitative estimate of drug-likeness (QED) is 0.733. The molecule has 0 aliphatic rings. The number of nitrogens with zero attached hydrogens (tertiary/aromatic N) is 5. The van der Waals surface area contributed by atoms with E-state index in [4.69, 9.17) is 9.15 Å². The van der Waals surface area contributed by atoms with Crippen molar-refractivity contribution in [2.45, 2.75) is 33.6 Å². The molecule has 0 saturated carbocycles. The monoisotopic (exact) mass is 287 g/mol. The lowest BCUT2D eigenvalue weighted by Gasteiger charge is -2.11. The average molecular weight is 287 g/mol. The van der Waals surface area contributed by atoms with Gasteiger partial charge in [0.25, 0.3) is 5.89 Å². The van der Waals surface area contributed by atoms with E-state index in [1.54, 1.807) is 14.0 Å². The molecule has 0 saturated heterocycles. The second kappa shape index (κ2) is 5.16. The lowest BCUT2D eigenvalue weighted by atomic mass is 10.1. The maximum absolute atomic E-state index is 5.42. The van der Waals surface area contributed by atoms with Crippen molar-refractivity contribution < 1.29 is 9.15 Å². The molecular weight excluding hydrogens is 270 g/mol. The van der Waals surface area contributed by atoms with E-state index in [9.17, 15) is 0 Å². The summed E-state index contributed by atoms with van der Waals surface area (Å²) in [6.45, 7) is 5.91. The molecule has 3 heterocycles. The van der Waals surface area contributed by atoms with Gasteiger partial charge in [0.1, 0.15) is 5.69 Å². The molecule has 0 aliphatic heterocycles. The molecule has 0 unspecified atom stereocenters. The van der Waals surface area contributed by atoms with E-state index in [-0.39, 0.29) is 0 Å². The van der Waals surface area contributed by atoms with Gasteiger partial charge in [-0.2, -0.15) is 4.98 Å². The average Bonchev–Trinajstić information content (AvgIpc) is 3.08. The molecular formula is C14H17N5O2. The van der Waals surface area contributed by atoms with Crippen LogP contribution < -0.4 is 4.74 Å². The molecule has 0 fully saturated rings. The Morgan fingerprint density at radius 1 is 1.24 bits per heavy atom. The molecule has 110 valence electrons.